The van der Waals surface area contributed by atoms with Crippen LogP contribution in [0.4, 0.5) is 5.69 Å². The molecule has 2 amide bonds. The van der Waals surface area contributed by atoms with Crippen molar-refractivity contribution in [3.8, 4) is 0 Å². The van der Waals surface area contributed by atoms with Crippen molar-refractivity contribution in [2.24, 2.45) is 5.73 Å². The number of nitrogens with one attached hydrogen (secondary N) is 1. The number of anilines is 1. The van der Waals surface area contributed by atoms with Crippen molar-refractivity contribution in [1.29, 1.82) is 0 Å². The van der Waals surface area contributed by atoms with Gasteiger partial charge < -0.3 is 11.1 Å². The molecule has 0 saturated heterocycles. The molecule has 0 aliphatic rings. The van der Waals surface area contributed by atoms with E-state index in [1.54, 1.807) is 42.6 Å². The Hall–Kier alpha value is -3.12. The van der Waals surface area contributed by atoms with E-state index >= 15 is 0 Å². The number of carbonyl (C=O) groups is 2. The lowest BCUT2D eigenvalue weighted by atomic mass is 10.1. The van der Waals surface area contributed by atoms with Crippen molar-refractivity contribution in [1.82, 2.24) is 4.98 Å². The van der Waals surface area contributed by atoms with Gasteiger partial charge in [0.2, 0.25) is 5.91 Å². The Morgan fingerprint density at radius 1 is 1.00 bits per heavy atom. The number of aryl methyl sites for hydroxylation is 2. The first-order valence-electron chi connectivity index (χ1n) is 8.35. The number of benzene rings is 2. The van der Waals surface area contributed by atoms with Gasteiger partial charge in [0.25, 0.3) is 5.91 Å². The lowest BCUT2D eigenvalue weighted by molar-refractivity contribution is 0.0998. The Balaban J connectivity index is 1.81. The molecule has 0 aliphatic carbocycles. The molecule has 3 N–H and O–H groups in total. The number of nitrogens with zero attached hydrogens (tertiary/aromatic N) is 1. The average molecular weight is 377 g/mol. The number of amides is 2. The average Bonchev–Trinajstić information content (AvgIpc) is 2.65. The molecule has 1 heterocycles. The van der Waals surface area contributed by atoms with Crippen LogP contribution in [0.2, 0.25) is 0 Å². The fourth-order valence-corrected chi connectivity index (χ4v) is 3.43. The van der Waals surface area contributed by atoms with Crippen LogP contribution >= 0.6 is 11.8 Å². The number of carbonyl (C=O) groups excluding carboxylic acids is 2. The van der Waals surface area contributed by atoms with Gasteiger partial charge in [-0.2, -0.15) is 0 Å². The van der Waals surface area contributed by atoms with Crippen LogP contribution in [0.5, 0.6) is 0 Å². The molecule has 136 valence electrons. The second-order valence-electron chi connectivity index (χ2n) is 6.10. The largest absolute Gasteiger partial charge is 0.366 e. The van der Waals surface area contributed by atoms with Crippen molar-refractivity contribution < 1.29 is 9.59 Å². The molecule has 1 aromatic heterocycles. The van der Waals surface area contributed by atoms with E-state index in [9.17, 15) is 9.59 Å². The van der Waals surface area contributed by atoms with Gasteiger partial charge in [-0.3, -0.25) is 9.59 Å². The third-order valence-corrected chi connectivity index (χ3v) is 5.14. The zero-order valence-corrected chi connectivity index (χ0v) is 15.8. The van der Waals surface area contributed by atoms with Crippen molar-refractivity contribution in [3.05, 3.63) is 83.0 Å². The summed E-state index contributed by atoms with van der Waals surface area (Å²) in [7, 11) is 0. The summed E-state index contributed by atoms with van der Waals surface area (Å²) in [5.41, 5.74) is 9.10. The molecule has 5 nitrogen and oxygen atoms in total. The Morgan fingerprint density at radius 2 is 1.74 bits per heavy atom. The van der Waals surface area contributed by atoms with E-state index in [0.29, 0.717) is 21.8 Å². The zero-order valence-electron chi connectivity index (χ0n) is 15.0. The molecule has 0 spiro atoms. The number of primary amides is 1. The third-order valence-electron chi connectivity index (χ3n) is 4.14. The molecule has 0 unspecified atom stereocenters. The smallest absolute Gasteiger partial charge is 0.258 e. The van der Waals surface area contributed by atoms with Gasteiger partial charge >= 0.3 is 0 Å². The van der Waals surface area contributed by atoms with Crippen LogP contribution in [-0.2, 0) is 0 Å². The number of nitrogens with two attached hydrogens (primary N) is 1. The van der Waals surface area contributed by atoms with E-state index in [1.807, 2.05) is 6.07 Å². The van der Waals surface area contributed by atoms with Crippen LogP contribution in [-0.4, -0.2) is 16.8 Å². The fourth-order valence-electron chi connectivity index (χ4n) is 2.45. The zero-order chi connectivity index (χ0) is 19.4. The molecule has 3 aromatic rings. The summed E-state index contributed by atoms with van der Waals surface area (Å²) in [6.07, 6.45) is 1.67. The molecule has 0 fully saturated rings. The van der Waals surface area contributed by atoms with Crippen molar-refractivity contribution >= 4 is 29.3 Å². The van der Waals surface area contributed by atoms with Crippen molar-refractivity contribution in [3.63, 3.8) is 0 Å². The van der Waals surface area contributed by atoms with Crippen LogP contribution in [0.15, 0.2) is 70.7 Å². The normalized spacial score (nSPS) is 10.4. The second kappa shape index (κ2) is 8.05. The van der Waals surface area contributed by atoms with E-state index in [-0.39, 0.29) is 5.91 Å². The minimum absolute atomic E-state index is 0.263. The van der Waals surface area contributed by atoms with Crippen LogP contribution in [0.1, 0.15) is 31.8 Å². The number of hydrogen-bond acceptors (Lipinski definition) is 4. The maximum Gasteiger partial charge on any atom is 0.258 e. The van der Waals surface area contributed by atoms with Crippen LogP contribution in [0.3, 0.4) is 0 Å². The van der Waals surface area contributed by atoms with Crippen LogP contribution < -0.4 is 11.1 Å². The molecule has 2 aromatic carbocycles. The first kappa shape index (κ1) is 18.7. The molecule has 0 bridgehead atoms. The molecule has 0 atom stereocenters. The Labute approximate surface area is 162 Å². The summed E-state index contributed by atoms with van der Waals surface area (Å²) in [5.74, 6) is -0.770. The molecule has 27 heavy (non-hydrogen) atoms. The minimum atomic E-state index is -0.507. The van der Waals surface area contributed by atoms with E-state index < -0.39 is 5.91 Å². The number of aromatic nitrogens is 1. The molecular weight excluding hydrogens is 358 g/mol. The van der Waals surface area contributed by atoms with Crippen molar-refractivity contribution in [2.45, 2.75) is 23.8 Å². The molecule has 6 heteroatoms. The highest BCUT2D eigenvalue weighted by Crippen LogP contribution is 2.30. The quantitative estimate of drug-likeness (QED) is 0.698. The summed E-state index contributed by atoms with van der Waals surface area (Å²) >= 11 is 1.45. The standard InChI is InChI=1S/C21H19N3O2S/c1-13-5-10-17(12-14(13)2)27-21-18(4-3-11-23-21)20(26)24-16-8-6-15(7-9-16)19(22)25/h3-12H,1-2H3,(H2,22,25)(H,24,26). The fraction of sp³-hybridized carbons (Fsp3) is 0.0952. The summed E-state index contributed by atoms with van der Waals surface area (Å²) < 4.78 is 0. The van der Waals surface area contributed by atoms with Gasteiger partial charge in [0.05, 0.1) is 5.56 Å². The lowest BCUT2D eigenvalue weighted by Gasteiger charge is -2.10. The van der Waals surface area contributed by atoms with Gasteiger partial charge in [-0.15, -0.1) is 0 Å². The van der Waals surface area contributed by atoms with E-state index in [4.69, 9.17) is 5.73 Å². The second-order valence-corrected chi connectivity index (χ2v) is 7.16. The predicted octanol–water partition coefficient (Wildman–Crippen LogP) is 4.20. The van der Waals surface area contributed by atoms with Gasteiger partial charge in [-0.25, -0.2) is 4.98 Å². The summed E-state index contributed by atoms with van der Waals surface area (Å²) in [4.78, 5) is 29.2. The van der Waals surface area contributed by atoms with Gasteiger partial charge in [0.15, 0.2) is 0 Å². The summed E-state index contributed by atoms with van der Waals surface area (Å²) in [6, 6.07) is 16.1. The molecule has 0 saturated carbocycles. The number of pyridine rings is 1. The number of rotatable bonds is 5. The summed E-state index contributed by atoms with van der Waals surface area (Å²) in [5, 5.41) is 3.46. The highest BCUT2D eigenvalue weighted by molar-refractivity contribution is 7.99. The molecule has 3 rings (SSSR count). The topological polar surface area (TPSA) is 85.1 Å². The van der Waals surface area contributed by atoms with E-state index in [0.717, 1.165) is 4.90 Å². The SMILES string of the molecule is Cc1ccc(Sc2ncccc2C(=O)Nc2ccc(C(N)=O)cc2)cc1C. The van der Waals surface area contributed by atoms with E-state index in [1.165, 1.54) is 22.9 Å². The summed E-state index contributed by atoms with van der Waals surface area (Å²) in [6.45, 7) is 4.12. The molecule has 0 radical (unpaired) electrons. The predicted molar refractivity (Wildman–Crippen MR) is 107 cm³/mol. The van der Waals surface area contributed by atoms with Gasteiger partial charge in [0.1, 0.15) is 5.03 Å². The van der Waals surface area contributed by atoms with Gasteiger partial charge in [-0.1, -0.05) is 17.8 Å². The Kier molecular flexibility index (Phi) is 5.57. The van der Waals surface area contributed by atoms with Gasteiger partial charge in [-0.05, 0) is 73.5 Å². The Bertz CT molecular complexity index is 1000. The first-order chi connectivity index (χ1) is 12.9. The first-order valence-corrected chi connectivity index (χ1v) is 9.17. The van der Waals surface area contributed by atoms with Gasteiger partial charge in [0, 0.05) is 22.3 Å². The highest BCUT2D eigenvalue weighted by atomic mass is 32.2. The van der Waals surface area contributed by atoms with E-state index in [2.05, 4.69) is 36.3 Å². The molecular formula is C21H19N3O2S. The monoisotopic (exact) mass is 377 g/mol. The lowest BCUT2D eigenvalue weighted by Crippen LogP contribution is -2.14. The molecule has 0 aliphatic heterocycles. The van der Waals surface area contributed by atoms with Crippen LogP contribution in [0, 0.1) is 13.8 Å². The minimum Gasteiger partial charge on any atom is -0.366 e. The third kappa shape index (κ3) is 4.54. The Morgan fingerprint density at radius 3 is 2.41 bits per heavy atom. The van der Waals surface area contributed by atoms with Crippen molar-refractivity contribution in [2.75, 3.05) is 5.32 Å². The van der Waals surface area contributed by atoms with Crippen LogP contribution in [0.25, 0.3) is 0 Å². The maximum atomic E-state index is 12.7. The maximum absolute atomic E-state index is 12.7. The highest BCUT2D eigenvalue weighted by Gasteiger charge is 2.14. The number of hydrogen-bond donors (Lipinski definition) is 2.